The molecule has 0 spiro atoms. The Balaban J connectivity index is 1.86. The summed E-state index contributed by atoms with van der Waals surface area (Å²) in [4.78, 5) is 13.3. The van der Waals surface area contributed by atoms with Crippen molar-refractivity contribution < 1.29 is 4.92 Å². The number of nitro benzene ring substituents is 1. The minimum absolute atomic E-state index is 0.00683. The summed E-state index contributed by atoms with van der Waals surface area (Å²) in [6.45, 7) is 8.64. The van der Waals surface area contributed by atoms with E-state index in [0.717, 1.165) is 18.7 Å². The highest BCUT2D eigenvalue weighted by Crippen LogP contribution is 2.24. The van der Waals surface area contributed by atoms with Gasteiger partial charge >= 0.3 is 0 Å². The number of likely N-dealkylation sites (tertiary alicyclic amines) is 1. The van der Waals surface area contributed by atoms with Crippen molar-refractivity contribution in [1.82, 2.24) is 10.2 Å². The average molecular weight is 291 g/mol. The molecule has 0 radical (unpaired) electrons. The largest absolute Gasteiger partial charge is 0.310 e. The molecule has 0 saturated carbocycles. The van der Waals surface area contributed by atoms with Gasteiger partial charge in [0.25, 0.3) is 5.69 Å². The molecule has 5 heteroatoms. The molecule has 0 aromatic heterocycles. The first-order valence-corrected chi connectivity index (χ1v) is 7.77. The standard InChI is InChI=1S/C16H25N3O2/c1-13(12-18-9-5-6-10-18)11-17-14(2)15-7-3-4-8-16(15)19(20)21/h3-4,7-8,13-14,17H,5-6,9-12H2,1-2H3. The molecule has 2 unspecified atom stereocenters. The molecule has 0 amide bonds. The second-order valence-electron chi connectivity index (χ2n) is 6.06. The molecule has 0 aliphatic carbocycles. The van der Waals surface area contributed by atoms with Crippen molar-refractivity contribution in [2.24, 2.45) is 5.92 Å². The molecular weight excluding hydrogens is 266 g/mol. The number of nitro groups is 1. The van der Waals surface area contributed by atoms with Gasteiger partial charge in [-0.1, -0.05) is 25.1 Å². The lowest BCUT2D eigenvalue weighted by molar-refractivity contribution is -0.385. The van der Waals surface area contributed by atoms with Crippen LogP contribution in [0.5, 0.6) is 0 Å². The Hall–Kier alpha value is -1.46. The molecule has 1 fully saturated rings. The third kappa shape index (κ3) is 4.51. The molecule has 2 rings (SSSR count). The highest BCUT2D eigenvalue weighted by Gasteiger charge is 2.19. The van der Waals surface area contributed by atoms with Crippen molar-refractivity contribution in [2.45, 2.75) is 32.7 Å². The highest BCUT2D eigenvalue weighted by molar-refractivity contribution is 5.41. The molecule has 116 valence electrons. The van der Waals surface area contributed by atoms with E-state index in [1.54, 1.807) is 12.1 Å². The van der Waals surface area contributed by atoms with Crippen LogP contribution in [0.3, 0.4) is 0 Å². The molecular formula is C16H25N3O2. The normalized spacial score (nSPS) is 18.6. The number of nitrogens with one attached hydrogen (secondary N) is 1. The maximum atomic E-state index is 11.1. The van der Waals surface area contributed by atoms with E-state index in [0.29, 0.717) is 5.92 Å². The average Bonchev–Trinajstić information content (AvgIpc) is 2.97. The lowest BCUT2D eigenvalue weighted by Gasteiger charge is -2.22. The monoisotopic (exact) mass is 291 g/mol. The van der Waals surface area contributed by atoms with Crippen molar-refractivity contribution >= 4 is 5.69 Å². The topological polar surface area (TPSA) is 58.4 Å². The molecule has 0 bridgehead atoms. The van der Waals surface area contributed by atoms with E-state index in [2.05, 4.69) is 17.1 Å². The number of hydrogen-bond donors (Lipinski definition) is 1. The van der Waals surface area contributed by atoms with E-state index in [-0.39, 0.29) is 16.7 Å². The van der Waals surface area contributed by atoms with Crippen LogP contribution in [-0.2, 0) is 0 Å². The van der Waals surface area contributed by atoms with E-state index in [4.69, 9.17) is 0 Å². The quantitative estimate of drug-likeness (QED) is 0.620. The van der Waals surface area contributed by atoms with Gasteiger partial charge in [-0.15, -0.1) is 0 Å². The fourth-order valence-corrected chi connectivity index (χ4v) is 2.98. The molecule has 1 aromatic rings. The maximum Gasteiger partial charge on any atom is 0.274 e. The lowest BCUT2D eigenvalue weighted by Crippen LogP contribution is -2.32. The fraction of sp³-hybridized carbons (Fsp3) is 0.625. The summed E-state index contributed by atoms with van der Waals surface area (Å²) in [5, 5.41) is 14.5. The first-order chi connectivity index (χ1) is 10.1. The van der Waals surface area contributed by atoms with Gasteiger partial charge in [0.2, 0.25) is 0 Å². The predicted molar refractivity (Wildman–Crippen MR) is 84.4 cm³/mol. The van der Waals surface area contributed by atoms with Gasteiger partial charge in [-0.2, -0.15) is 0 Å². The smallest absolute Gasteiger partial charge is 0.274 e. The second kappa shape index (κ2) is 7.52. The Labute approximate surface area is 126 Å². The van der Waals surface area contributed by atoms with Crippen molar-refractivity contribution in [3.63, 3.8) is 0 Å². The summed E-state index contributed by atoms with van der Waals surface area (Å²) in [5.74, 6) is 0.549. The number of hydrogen-bond acceptors (Lipinski definition) is 4. The predicted octanol–water partition coefficient (Wildman–Crippen LogP) is 2.98. The minimum atomic E-state index is -0.304. The lowest BCUT2D eigenvalue weighted by atomic mass is 10.1. The van der Waals surface area contributed by atoms with Gasteiger partial charge in [0, 0.05) is 24.2 Å². The molecule has 1 aliphatic rings. The van der Waals surface area contributed by atoms with E-state index >= 15 is 0 Å². The van der Waals surface area contributed by atoms with Crippen molar-refractivity contribution in [3.05, 3.63) is 39.9 Å². The van der Waals surface area contributed by atoms with Crippen LogP contribution in [0.4, 0.5) is 5.69 Å². The van der Waals surface area contributed by atoms with Crippen LogP contribution < -0.4 is 5.32 Å². The summed E-state index contributed by atoms with van der Waals surface area (Å²) in [6.07, 6.45) is 2.62. The van der Waals surface area contributed by atoms with Gasteiger partial charge < -0.3 is 10.2 Å². The van der Waals surface area contributed by atoms with Crippen LogP contribution in [0.1, 0.15) is 38.3 Å². The number of nitrogens with zero attached hydrogens (tertiary/aromatic N) is 2. The van der Waals surface area contributed by atoms with Gasteiger partial charge in [0.05, 0.1) is 4.92 Å². The van der Waals surface area contributed by atoms with Gasteiger partial charge in [-0.05, 0) is 45.3 Å². The van der Waals surface area contributed by atoms with E-state index in [9.17, 15) is 10.1 Å². The zero-order chi connectivity index (χ0) is 15.2. The summed E-state index contributed by atoms with van der Waals surface area (Å²) in [5.41, 5.74) is 0.959. The minimum Gasteiger partial charge on any atom is -0.310 e. The van der Waals surface area contributed by atoms with Crippen LogP contribution in [0.15, 0.2) is 24.3 Å². The summed E-state index contributed by atoms with van der Waals surface area (Å²) in [6, 6.07) is 6.97. The van der Waals surface area contributed by atoms with Crippen LogP contribution in [0, 0.1) is 16.0 Å². The Morgan fingerprint density at radius 2 is 1.95 bits per heavy atom. The van der Waals surface area contributed by atoms with Crippen molar-refractivity contribution in [2.75, 3.05) is 26.2 Å². The number of benzene rings is 1. The Morgan fingerprint density at radius 1 is 1.29 bits per heavy atom. The Bertz CT molecular complexity index is 472. The molecule has 5 nitrogen and oxygen atoms in total. The summed E-state index contributed by atoms with van der Waals surface area (Å²) in [7, 11) is 0. The van der Waals surface area contributed by atoms with Gasteiger partial charge in [-0.25, -0.2) is 0 Å². The number of para-hydroxylation sites is 1. The summed E-state index contributed by atoms with van der Waals surface area (Å²) < 4.78 is 0. The zero-order valence-corrected chi connectivity index (χ0v) is 12.9. The van der Waals surface area contributed by atoms with E-state index in [1.165, 1.54) is 25.9 Å². The maximum absolute atomic E-state index is 11.1. The molecule has 2 atom stereocenters. The molecule has 1 saturated heterocycles. The first-order valence-electron chi connectivity index (χ1n) is 7.77. The first kappa shape index (κ1) is 15.9. The molecule has 1 aromatic carbocycles. The van der Waals surface area contributed by atoms with Gasteiger partial charge in [0.15, 0.2) is 0 Å². The van der Waals surface area contributed by atoms with Crippen molar-refractivity contribution in [1.29, 1.82) is 0 Å². The SMILES string of the molecule is CC(CNC(C)c1ccccc1[N+](=O)[O-])CN1CCCC1. The molecule has 1 N–H and O–H groups in total. The zero-order valence-electron chi connectivity index (χ0n) is 12.9. The molecule has 21 heavy (non-hydrogen) atoms. The van der Waals surface area contributed by atoms with E-state index < -0.39 is 0 Å². The van der Waals surface area contributed by atoms with Crippen LogP contribution in [0.25, 0.3) is 0 Å². The Kier molecular flexibility index (Phi) is 5.70. The van der Waals surface area contributed by atoms with Crippen LogP contribution >= 0.6 is 0 Å². The van der Waals surface area contributed by atoms with Crippen molar-refractivity contribution in [3.8, 4) is 0 Å². The van der Waals surface area contributed by atoms with Gasteiger partial charge in [-0.3, -0.25) is 10.1 Å². The van der Waals surface area contributed by atoms with E-state index in [1.807, 2.05) is 19.1 Å². The van der Waals surface area contributed by atoms with Crippen LogP contribution in [0.2, 0.25) is 0 Å². The number of rotatable bonds is 7. The summed E-state index contributed by atoms with van der Waals surface area (Å²) >= 11 is 0. The molecule has 1 aliphatic heterocycles. The second-order valence-corrected chi connectivity index (χ2v) is 6.06. The van der Waals surface area contributed by atoms with Gasteiger partial charge in [0.1, 0.15) is 0 Å². The third-order valence-corrected chi connectivity index (χ3v) is 4.14. The highest BCUT2D eigenvalue weighted by atomic mass is 16.6. The van der Waals surface area contributed by atoms with Crippen LogP contribution in [-0.4, -0.2) is 36.0 Å². The third-order valence-electron chi connectivity index (χ3n) is 4.14. The fourth-order valence-electron chi connectivity index (χ4n) is 2.98. The molecule has 1 heterocycles. The Morgan fingerprint density at radius 3 is 2.62 bits per heavy atom.